The molecule has 0 radical (unpaired) electrons. The van der Waals surface area contributed by atoms with Gasteiger partial charge in [-0.25, -0.2) is 0 Å². The van der Waals surface area contributed by atoms with Gasteiger partial charge < -0.3 is 10.2 Å². The fraction of sp³-hybridized carbons (Fsp3) is 0.556. The lowest BCUT2D eigenvalue weighted by Crippen LogP contribution is -2.32. The lowest BCUT2D eigenvalue weighted by Gasteiger charge is -2.20. The van der Waals surface area contributed by atoms with Gasteiger partial charge in [-0.3, -0.25) is 9.59 Å². The molecule has 2 aliphatic carbocycles. The van der Waals surface area contributed by atoms with Crippen LogP contribution in [0.15, 0.2) is 12.2 Å². The first-order chi connectivity index (χ1) is 6.11. The van der Waals surface area contributed by atoms with Crippen molar-refractivity contribution in [3.63, 3.8) is 0 Å². The Balaban J connectivity index is 2.30. The summed E-state index contributed by atoms with van der Waals surface area (Å²) in [4.78, 5) is 21.6. The molecule has 2 N–H and O–H groups in total. The van der Waals surface area contributed by atoms with Crippen LogP contribution in [0.1, 0.15) is 6.42 Å². The van der Waals surface area contributed by atoms with Gasteiger partial charge in [0.15, 0.2) is 0 Å². The molecule has 0 amide bonds. The highest BCUT2D eigenvalue weighted by Crippen LogP contribution is 2.48. The van der Waals surface area contributed by atoms with E-state index in [1.54, 1.807) is 0 Å². The zero-order chi connectivity index (χ0) is 9.59. The standard InChI is InChI=1S/C9H10O4/c10-8(11)6-4-1-2-5(3-4)7(6)9(12)13/h1-2,4-7H,3H2,(H,10,11)(H,12,13)/t4-,5+,6?,7?. The van der Waals surface area contributed by atoms with Crippen molar-refractivity contribution < 1.29 is 19.8 Å². The molecular formula is C9H10O4. The van der Waals surface area contributed by atoms with Gasteiger partial charge in [-0.2, -0.15) is 0 Å². The van der Waals surface area contributed by atoms with Gasteiger partial charge in [0.05, 0.1) is 11.8 Å². The number of fused-ring (bicyclic) bond motifs is 2. The number of aliphatic carboxylic acids is 2. The zero-order valence-corrected chi connectivity index (χ0v) is 6.88. The summed E-state index contributed by atoms with van der Waals surface area (Å²) in [7, 11) is 0. The Morgan fingerprint density at radius 2 is 1.38 bits per heavy atom. The van der Waals surface area contributed by atoms with E-state index in [-0.39, 0.29) is 11.8 Å². The van der Waals surface area contributed by atoms with Gasteiger partial charge in [0.2, 0.25) is 0 Å². The average molecular weight is 182 g/mol. The van der Waals surface area contributed by atoms with Crippen LogP contribution < -0.4 is 0 Å². The van der Waals surface area contributed by atoms with Gasteiger partial charge in [-0.15, -0.1) is 0 Å². The zero-order valence-electron chi connectivity index (χ0n) is 6.88. The van der Waals surface area contributed by atoms with Crippen molar-refractivity contribution in [1.29, 1.82) is 0 Å². The van der Waals surface area contributed by atoms with E-state index in [9.17, 15) is 9.59 Å². The van der Waals surface area contributed by atoms with Gasteiger partial charge in [-0.05, 0) is 18.3 Å². The van der Waals surface area contributed by atoms with Gasteiger partial charge in [-0.1, -0.05) is 12.2 Å². The first kappa shape index (κ1) is 8.29. The summed E-state index contributed by atoms with van der Waals surface area (Å²) in [5, 5.41) is 17.7. The third-order valence-corrected chi connectivity index (χ3v) is 3.03. The Morgan fingerprint density at radius 3 is 1.69 bits per heavy atom. The lowest BCUT2D eigenvalue weighted by atomic mass is 9.83. The molecule has 2 unspecified atom stereocenters. The van der Waals surface area contributed by atoms with Crippen molar-refractivity contribution in [2.24, 2.45) is 23.7 Å². The Labute approximate surface area is 74.9 Å². The number of carboxylic acid groups (broad SMARTS) is 2. The van der Waals surface area contributed by atoms with E-state index in [1.807, 2.05) is 12.2 Å². The molecule has 0 aliphatic heterocycles. The van der Waals surface area contributed by atoms with Crippen molar-refractivity contribution in [3.8, 4) is 0 Å². The summed E-state index contributed by atoms with van der Waals surface area (Å²) in [6.07, 6.45) is 4.36. The smallest absolute Gasteiger partial charge is 0.307 e. The summed E-state index contributed by atoms with van der Waals surface area (Å²) in [6, 6.07) is 0. The first-order valence-corrected chi connectivity index (χ1v) is 4.25. The molecule has 0 aromatic carbocycles. The maximum Gasteiger partial charge on any atom is 0.307 e. The van der Waals surface area contributed by atoms with Crippen molar-refractivity contribution in [2.75, 3.05) is 0 Å². The van der Waals surface area contributed by atoms with E-state index in [4.69, 9.17) is 10.2 Å². The molecule has 70 valence electrons. The second-order valence-corrected chi connectivity index (χ2v) is 3.68. The number of rotatable bonds is 2. The molecule has 0 aromatic heterocycles. The van der Waals surface area contributed by atoms with Crippen LogP contribution in [0.2, 0.25) is 0 Å². The van der Waals surface area contributed by atoms with Crippen LogP contribution >= 0.6 is 0 Å². The van der Waals surface area contributed by atoms with Gasteiger partial charge >= 0.3 is 11.9 Å². The Hall–Kier alpha value is -1.32. The molecule has 0 spiro atoms. The van der Waals surface area contributed by atoms with Crippen LogP contribution in [-0.4, -0.2) is 22.2 Å². The minimum absolute atomic E-state index is 0.0661. The van der Waals surface area contributed by atoms with Gasteiger partial charge in [0, 0.05) is 0 Å². The minimum Gasteiger partial charge on any atom is -0.481 e. The van der Waals surface area contributed by atoms with E-state index in [0.717, 1.165) is 0 Å². The lowest BCUT2D eigenvalue weighted by molar-refractivity contribution is -0.154. The summed E-state index contributed by atoms with van der Waals surface area (Å²) < 4.78 is 0. The molecule has 0 saturated heterocycles. The van der Waals surface area contributed by atoms with Crippen molar-refractivity contribution in [2.45, 2.75) is 6.42 Å². The van der Waals surface area contributed by atoms with Crippen LogP contribution in [0.4, 0.5) is 0 Å². The predicted octanol–water partition coefficient (Wildman–Crippen LogP) is 0.594. The minimum atomic E-state index is -0.982. The van der Waals surface area contributed by atoms with E-state index in [2.05, 4.69) is 0 Å². The highest BCUT2D eigenvalue weighted by atomic mass is 16.4. The van der Waals surface area contributed by atoms with Crippen LogP contribution in [-0.2, 0) is 9.59 Å². The van der Waals surface area contributed by atoms with Crippen LogP contribution in [0.25, 0.3) is 0 Å². The molecule has 4 nitrogen and oxygen atoms in total. The van der Waals surface area contributed by atoms with Crippen molar-refractivity contribution >= 4 is 11.9 Å². The fourth-order valence-corrected chi connectivity index (χ4v) is 2.50. The third kappa shape index (κ3) is 1.05. The summed E-state index contributed by atoms with van der Waals surface area (Å²) in [5.74, 6) is -3.53. The molecule has 1 saturated carbocycles. The second kappa shape index (κ2) is 2.58. The molecule has 4 atom stereocenters. The summed E-state index contributed by atoms with van der Waals surface area (Å²) in [6.45, 7) is 0. The topological polar surface area (TPSA) is 74.6 Å². The summed E-state index contributed by atoms with van der Waals surface area (Å²) in [5.41, 5.74) is 0. The maximum absolute atomic E-state index is 10.8. The van der Waals surface area contributed by atoms with E-state index >= 15 is 0 Å². The fourth-order valence-electron chi connectivity index (χ4n) is 2.50. The third-order valence-electron chi connectivity index (χ3n) is 3.03. The Kier molecular flexibility index (Phi) is 1.65. The molecule has 2 bridgehead atoms. The van der Waals surface area contributed by atoms with Crippen molar-refractivity contribution in [1.82, 2.24) is 0 Å². The summed E-state index contributed by atoms with van der Waals surface area (Å²) >= 11 is 0. The molecule has 13 heavy (non-hydrogen) atoms. The normalized spacial score (nSPS) is 40.9. The number of carbonyl (C=O) groups is 2. The van der Waals surface area contributed by atoms with Gasteiger partial charge in [0.25, 0.3) is 0 Å². The Morgan fingerprint density at radius 1 is 1.00 bits per heavy atom. The van der Waals surface area contributed by atoms with Crippen LogP contribution in [0.5, 0.6) is 0 Å². The van der Waals surface area contributed by atoms with Crippen LogP contribution in [0, 0.1) is 23.7 Å². The number of hydrogen-bond donors (Lipinski definition) is 2. The molecule has 0 heterocycles. The quantitative estimate of drug-likeness (QED) is 0.613. The molecular weight excluding hydrogens is 172 g/mol. The Bertz CT molecular complexity index is 266. The largest absolute Gasteiger partial charge is 0.481 e. The molecule has 1 fully saturated rings. The SMILES string of the molecule is O=C(O)C1C(C(=O)O)[C@H]2C=C[C@@H]1C2. The average Bonchev–Trinajstić information content (AvgIpc) is 2.60. The number of hydrogen-bond acceptors (Lipinski definition) is 2. The van der Waals surface area contributed by atoms with Crippen molar-refractivity contribution in [3.05, 3.63) is 12.2 Å². The van der Waals surface area contributed by atoms with E-state index < -0.39 is 23.8 Å². The number of carboxylic acids is 2. The predicted molar refractivity (Wildman–Crippen MR) is 43.0 cm³/mol. The second-order valence-electron chi connectivity index (χ2n) is 3.68. The first-order valence-electron chi connectivity index (χ1n) is 4.25. The molecule has 2 rings (SSSR count). The van der Waals surface area contributed by atoms with Crippen LogP contribution in [0.3, 0.4) is 0 Å². The van der Waals surface area contributed by atoms with E-state index in [1.165, 1.54) is 0 Å². The molecule has 2 aliphatic rings. The number of allylic oxidation sites excluding steroid dienone is 2. The highest BCUT2D eigenvalue weighted by Gasteiger charge is 2.51. The van der Waals surface area contributed by atoms with E-state index in [0.29, 0.717) is 6.42 Å². The highest BCUT2D eigenvalue weighted by molar-refractivity contribution is 5.82. The maximum atomic E-state index is 10.8. The molecule has 0 aromatic rings. The molecule has 4 heteroatoms. The van der Waals surface area contributed by atoms with Gasteiger partial charge in [0.1, 0.15) is 0 Å². The monoisotopic (exact) mass is 182 g/mol.